The number of carboxylic acids is 2. The van der Waals surface area contributed by atoms with E-state index in [9.17, 15) is 30.0 Å². The molecule has 0 amide bonds. The Hall–Kier alpha value is -1.21. The summed E-state index contributed by atoms with van der Waals surface area (Å²) in [6.45, 7) is 5.52. The Bertz CT molecular complexity index is 1110. The van der Waals surface area contributed by atoms with Gasteiger partial charge in [-0.15, -0.1) is 0 Å². The first kappa shape index (κ1) is 57.8. The topological polar surface area (TPSA) is 139 Å². The molecule has 0 spiro atoms. The zero-order valence-electron chi connectivity index (χ0n) is 37.3. The largest absolute Gasteiger partial charge is 2.00 e. The number of carbonyl (C=O) groups is 2. The van der Waals surface area contributed by atoms with Crippen LogP contribution in [-0.2, 0) is 32.3 Å². The standard InChI is InChI=1S/2C25H42O4.Ba/c2*1-2-3-17-23(26)20-24(29-21-22-15-11-10-12-16-22)18-13-8-6-4-5-7-9-14-19-25(27)28;/h2*10-12,15-16,23-24,26H,2-9,13-14,17-21H2,1H3,(H,27,28);/q;;+2/p-2. The van der Waals surface area contributed by atoms with Gasteiger partial charge in [-0.25, -0.2) is 0 Å². The summed E-state index contributed by atoms with van der Waals surface area (Å²) in [6, 6.07) is 20.5. The van der Waals surface area contributed by atoms with Gasteiger partial charge in [0.05, 0.1) is 37.6 Å². The molecule has 0 aliphatic carbocycles. The molecule has 2 N–H and O–H groups in total. The van der Waals surface area contributed by atoms with Crippen LogP contribution in [0.25, 0.3) is 0 Å². The maximum Gasteiger partial charge on any atom is 2.00 e. The molecule has 2 rings (SSSR count). The van der Waals surface area contributed by atoms with Gasteiger partial charge in [-0.1, -0.05) is 190 Å². The van der Waals surface area contributed by atoms with Gasteiger partial charge in [-0.05, 0) is 75.3 Å². The van der Waals surface area contributed by atoms with E-state index >= 15 is 0 Å². The molecule has 0 saturated carbocycles. The molecule has 2 aromatic carbocycles. The van der Waals surface area contributed by atoms with E-state index in [1.54, 1.807) is 0 Å². The van der Waals surface area contributed by atoms with E-state index in [-0.39, 0.29) is 86.1 Å². The molecular weight excluding hydrogens is 866 g/mol. The van der Waals surface area contributed by atoms with Crippen molar-refractivity contribution in [2.45, 2.75) is 231 Å². The normalized spacial score (nSPS) is 13.1. The zero-order chi connectivity index (χ0) is 42.3. The van der Waals surface area contributed by atoms with Gasteiger partial charge in [0.25, 0.3) is 0 Å². The number of rotatable bonds is 38. The smallest absolute Gasteiger partial charge is 0.550 e. The summed E-state index contributed by atoms with van der Waals surface area (Å²) in [6.07, 6.45) is 27.1. The molecule has 0 radical (unpaired) electrons. The van der Waals surface area contributed by atoms with Gasteiger partial charge in [0, 0.05) is 11.9 Å². The van der Waals surface area contributed by atoms with Crippen LogP contribution >= 0.6 is 0 Å². The third-order valence-corrected chi connectivity index (χ3v) is 10.8. The molecule has 8 nitrogen and oxygen atoms in total. The number of ether oxygens (including phenoxy) is 2. The Morgan fingerprint density at radius 1 is 0.475 bits per heavy atom. The van der Waals surface area contributed by atoms with E-state index in [2.05, 4.69) is 38.1 Å². The fraction of sp³-hybridized carbons (Fsp3) is 0.720. The van der Waals surface area contributed by atoms with Gasteiger partial charge in [0.2, 0.25) is 0 Å². The van der Waals surface area contributed by atoms with Crippen molar-refractivity contribution in [1.29, 1.82) is 0 Å². The van der Waals surface area contributed by atoms with Crippen LogP contribution in [-0.4, -0.2) is 95.4 Å². The first-order valence-corrected chi connectivity index (χ1v) is 23.3. The fourth-order valence-electron chi connectivity index (χ4n) is 7.24. The zero-order valence-corrected chi connectivity index (χ0v) is 41.8. The van der Waals surface area contributed by atoms with Crippen molar-refractivity contribution in [2.24, 2.45) is 0 Å². The Morgan fingerprint density at radius 2 is 0.780 bits per heavy atom. The van der Waals surface area contributed by atoms with Gasteiger partial charge in [0.1, 0.15) is 0 Å². The molecule has 0 bridgehead atoms. The molecule has 4 atom stereocenters. The Kier molecular flexibility index (Phi) is 41.2. The van der Waals surface area contributed by atoms with Crippen LogP contribution in [0.15, 0.2) is 60.7 Å². The van der Waals surface area contributed by atoms with E-state index < -0.39 is 11.9 Å². The summed E-state index contributed by atoms with van der Waals surface area (Å²) in [5.74, 6) is -1.87. The molecule has 0 aromatic heterocycles. The summed E-state index contributed by atoms with van der Waals surface area (Å²) in [4.78, 5) is 20.7. The average Bonchev–Trinajstić information content (AvgIpc) is 3.22. The third-order valence-electron chi connectivity index (χ3n) is 10.8. The second kappa shape index (κ2) is 42.1. The molecule has 2 aromatic rings. The molecule has 9 heteroatoms. The van der Waals surface area contributed by atoms with E-state index in [0.29, 0.717) is 13.2 Å². The van der Waals surface area contributed by atoms with Crippen molar-refractivity contribution in [3.05, 3.63) is 71.8 Å². The van der Waals surface area contributed by atoms with Gasteiger partial charge in [0.15, 0.2) is 0 Å². The maximum absolute atomic E-state index is 10.4. The second-order valence-electron chi connectivity index (χ2n) is 16.4. The van der Waals surface area contributed by atoms with Crippen LogP contribution in [0.1, 0.15) is 205 Å². The second-order valence-corrected chi connectivity index (χ2v) is 16.4. The summed E-state index contributed by atoms with van der Waals surface area (Å²) in [5.41, 5.74) is 2.36. The number of benzene rings is 2. The first-order valence-electron chi connectivity index (χ1n) is 23.3. The van der Waals surface area contributed by atoms with Crippen molar-refractivity contribution < 1.29 is 39.5 Å². The number of unbranched alkanes of at least 4 members (excludes halogenated alkanes) is 16. The average molecular weight is 949 g/mol. The minimum atomic E-state index is -0.936. The van der Waals surface area contributed by atoms with Crippen molar-refractivity contribution in [2.75, 3.05) is 0 Å². The summed E-state index contributed by atoms with van der Waals surface area (Å²) in [5, 5.41) is 41.4. The molecule has 0 aliphatic rings. The van der Waals surface area contributed by atoms with Gasteiger partial charge in [-0.2, -0.15) is 0 Å². The Morgan fingerprint density at radius 3 is 1.08 bits per heavy atom. The van der Waals surface area contributed by atoms with E-state index in [0.717, 1.165) is 116 Å². The van der Waals surface area contributed by atoms with Crippen LogP contribution < -0.4 is 10.2 Å². The molecule has 332 valence electrons. The molecule has 0 saturated heterocycles. The number of aliphatic hydroxyl groups is 2. The number of aliphatic hydroxyl groups excluding tert-OH is 2. The van der Waals surface area contributed by atoms with Crippen LogP contribution in [0.5, 0.6) is 0 Å². The van der Waals surface area contributed by atoms with Crippen LogP contribution in [0.3, 0.4) is 0 Å². The quantitative estimate of drug-likeness (QED) is 0.0501. The monoisotopic (exact) mass is 949 g/mol. The summed E-state index contributed by atoms with van der Waals surface area (Å²) in [7, 11) is 0. The SMILES string of the molecule is CCCCC(O)CC(CCCCCCCCCCC(=O)[O-])OCc1ccccc1.CCCCC(O)CC(CCCCCCCCCCC(=O)[O-])OCc1ccccc1.[Ba+2]. The predicted octanol–water partition coefficient (Wildman–Crippen LogP) is 9.95. The van der Waals surface area contributed by atoms with E-state index in [1.165, 1.54) is 62.5 Å². The van der Waals surface area contributed by atoms with Crippen molar-refractivity contribution in [1.82, 2.24) is 0 Å². The number of carboxylic acid groups (broad SMARTS) is 2. The van der Waals surface area contributed by atoms with Crippen molar-refractivity contribution in [3.8, 4) is 0 Å². The van der Waals surface area contributed by atoms with Crippen LogP contribution in [0.2, 0.25) is 0 Å². The molecule has 59 heavy (non-hydrogen) atoms. The van der Waals surface area contributed by atoms with Crippen molar-refractivity contribution >= 4 is 60.8 Å². The number of aliphatic carboxylic acids is 2. The number of hydrogen-bond acceptors (Lipinski definition) is 8. The Labute approximate surface area is 400 Å². The van der Waals surface area contributed by atoms with Gasteiger partial charge in [-0.3, -0.25) is 0 Å². The van der Waals surface area contributed by atoms with Crippen molar-refractivity contribution in [3.63, 3.8) is 0 Å². The summed E-state index contributed by atoms with van der Waals surface area (Å²) >= 11 is 0. The first-order chi connectivity index (χ1) is 28.2. The Balaban J connectivity index is 0.00000112. The van der Waals surface area contributed by atoms with Gasteiger partial charge >= 0.3 is 48.9 Å². The minimum absolute atomic E-state index is 0. The fourth-order valence-corrected chi connectivity index (χ4v) is 7.24. The molecule has 0 aliphatic heterocycles. The molecule has 0 heterocycles. The van der Waals surface area contributed by atoms with E-state index in [4.69, 9.17) is 9.47 Å². The molecule has 4 unspecified atom stereocenters. The molecular formula is C50H82BaO8. The van der Waals surface area contributed by atoms with Crippen LogP contribution in [0.4, 0.5) is 0 Å². The van der Waals surface area contributed by atoms with Crippen LogP contribution in [0, 0.1) is 0 Å². The molecule has 0 fully saturated rings. The number of carbonyl (C=O) groups excluding carboxylic acids is 2. The van der Waals surface area contributed by atoms with Gasteiger partial charge < -0.3 is 39.5 Å². The third kappa shape index (κ3) is 38.2. The predicted molar refractivity (Wildman–Crippen MR) is 238 cm³/mol. The maximum atomic E-state index is 10.4. The van der Waals surface area contributed by atoms with E-state index in [1.807, 2.05) is 36.4 Å². The number of hydrogen-bond donors (Lipinski definition) is 2. The minimum Gasteiger partial charge on any atom is -0.550 e. The summed E-state index contributed by atoms with van der Waals surface area (Å²) < 4.78 is 12.3.